The van der Waals surface area contributed by atoms with Crippen LogP contribution in [-0.2, 0) is 15.2 Å². The lowest BCUT2D eigenvalue weighted by atomic mass is 10.2. The summed E-state index contributed by atoms with van der Waals surface area (Å²) in [6, 6.07) is 8.83. The van der Waals surface area contributed by atoms with Crippen LogP contribution in [0.1, 0.15) is 5.56 Å². The molecule has 64 valence electrons. The normalized spacial score (nSPS) is 9.75. The fraction of sp³-hybridized carbons (Fsp3) is 0. The summed E-state index contributed by atoms with van der Waals surface area (Å²) in [5.74, 6) is 0.145. The smallest absolute Gasteiger partial charge is 0.299 e. The molecule has 1 rings (SSSR count). The van der Waals surface area contributed by atoms with E-state index in [-0.39, 0.29) is 5.76 Å². The SMILES string of the molecule is C=C(O[SH](=O)=O)c1ccccc1. The van der Waals surface area contributed by atoms with Crippen molar-refractivity contribution in [2.45, 2.75) is 0 Å². The zero-order valence-electron chi connectivity index (χ0n) is 6.27. The van der Waals surface area contributed by atoms with Gasteiger partial charge in [0.15, 0.2) is 0 Å². The lowest BCUT2D eigenvalue weighted by Crippen LogP contribution is -1.87. The van der Waals surface area contributed by atoms with Crippen LogP contribution in [0.4, 0.5) is 0 Å². The van der Waals surface area contributed by atoms with Crippen LogP contribution in [0.5, 0.6) is 0 Å². The molecule has 0 aliphatic carbocycles. The molecular formula is C8H8O3S. The highest BCUT2D eigenvalue weighted by Gasteiger charge is 1.97. The Bertz CT molecular complexity index is 333. The van der Waals surface area contributed by atoms with E-state index < -0.39 is 11.0 Å². The number of hydrogen-bond donors (Lipinski definition) is 1. The van der Waals surface area contributed by atoms with Crippen molar-refractivity contribution in [3.63, 3.8) is 0 Å². The van der Waals surface area contributed by atoms with E-state index in [1.54, 1.807) is 24.3 Å². The molecule has 4 heteroatoms. The van der Waals surface area contributed by atoms with E-state index in [0.717, 1.165) is 0 Å². The Morgan fingerprint density at radius 3 is 2.33 bits per heavy atom. The number of rotatable bonds is 3. The number of hydrogen-bond acceptors (Lipinski definition) is 3. The molecule has 0 saturated heterocycles. The minimum Gasteiger partial charge on any atom is -0.384 e. The highest BCUT2D eigenvalue weighted by molar-refractivity contribution is 7.67. The van der Waals surface area contributed by atoms with Gasteiger partial charge in [0.1, 0.15) is 5.76 Å². The molecule has 0 fully saturated rings. The van der Waals surface area contributed by atoms with Gasteiger partial charge in [0.05, 0.1) is 0 Å². The molecule has 3 nitrogen and oxygen atoms in total. The predicted molar refractivity (Wildman–Crippen MR) is 46.9 cm³/mol. The van der Waals surface area contributed by atoms with E-state index in [1.807, 2.05) is 6.07 Å². The molecular weight excluding hydrogens is 176 g/mol. The van der Waals surface area contributed by atoms with Crippen LogP contribution in [-0.4, -0.2) is 8.42 Å². The molecule has 0 amide bonds. The van der Waals surface area contributed by atoms with Crippen LogP contribution in [0.15, 0.2) is 36.9 Å². The molecule has 0 aliphatic heterocycles. The van der Waals surface area contributed by atoms with Crippen molar-refractivity contribution in [1.82, 2.24) is 0 Å². The average molecular weight is 184 g/mol. The number of thiol groups is 1. The first-order chi connectivity index (χ1) is 5.70. The first kappa shape index (κ1) is 8.80. The van der Waals surface area contributed by atoms with Gasteiger partial charge in [-0.15, -0.1) is 0 Å². The Morgan fingerprint density at radius 1 is 1.25 bits per heavy atom. The minimum absolute atomic E-state index is 0.145. The van der Waals surface area contributed by atoms with Gasteiger partial charge in [0, 0.05) is 5.56 Å². The summed E-state index contributed by atoms with van der Waals surface area (Å²) in [6.07, 6.45) is 0. The van der Waals surface area contributed by atoms with Gasteiger partial charge in [-0.1, -0.05) is 36.9 Å². The summed E-state index contributed by atoms with van der Waals surface area (Å²) in [5, 5.41) is 0. The Kier molecular flexibility index (Phi) is 2.88. The van der Waals surface area contributed by atoms with Crippen molar-refractivity contribution in [2.24, 2.45) is 0 Å². The molecule has 12 heavy (non-hydrogen) atoms. The zero-order chi connectivity index (χ0) is 8.97. The van der Waals surface area contributed by atoms with Crippen LogP contribution in [0, 0.1) is 0 Å². The Hall–Kier alpha value is -1.29. The predicted octanol–water partition coefficient (Wildman–Crippen LogP) is 1.20. The summed E-state index contributed by atoms with van der Waals surface area (Å²) in [6.45, 7) is 3.46. The van der Waals surface area contributed by atoms with Gasteiger partial charge in [-0.2, -0.15) is 8.42 Å². The fourth-order valence-corrected chi connectivity index (χ4v) is 1.05. The number of benzene rings is 1. The van der Waals surface area contributed by atoms with Crippen LogP contribution < -0.4 is 0 Å². The molecule has 1 aromatic rings. The molecule has 1 aromatic carbocycles. The van der Waals surface area contributed by atoms with Gasteiger partial charge in [0.2, 0.25) is 0 Å². The first-order valence-corrected chi connectivity index (χ1v) is 4.36. The molecule has 0 aromatic heterocycles. The van der Waals surface area contributed by atoms with Gasteiger partial charge in [0.25, 0.3) is 11.0 Å². The second-order valence-corrected chi connectivity index (χ2v) is 2.73. The summed E-state index contributed by atoms with van der Waals surface area (Å²) in [7, 11) is -2.86. The van der Waals surface area contributed by atoms with Crippen molar-refractivity contribution < 1.29 is 12.6 Å². The van der Waals surface area contributed by atoms with E-state index in [2.05, 4.69) is 10.8 Å². The second-order valence-electron chi connectivity index (χ2n) is 2.10. The monoisotopic (exact) mass is 184 g/mol. The molecule has 0 spiro atoms. The highest BCUT2D eigenvalue weighted by atomic mass is 32.2. The molecule has 0 atom stereocenters. The van der Waals surface area contributed by atoms with Crippen LogP contribution in [0.2, 0.25) is 0 Å². The third kappa shape index (κ3) is 2.39. The van der Waals surface area contributed by atoms with Crippen molar-refractivity contribution in [1.29, 1.82) is 0 Å². The minimum atomic E-state index is -2.86. The van der Waals surface area contributed by atoms with Gasteiger partial charge < -0.3 is 4.18 Å². The summed E-state index contributed by atoms with van der Waals surface area (Å²) >= 11 is 0. The summed E-state index contributed by atoms with van der Waals surface area (Å²) in [5.41, 5.74) is 0.664. The maximum atomic E-state index is 10.1. The van der Waals surface area contributed by atoms with Gasteiger partial charge in [-0.3, -0.25) is 0 Å². The van der Waals surface area contributed by atoms with E-state index in [9.17, 15) is 8.42 Å². The van der Waals surface area contributed by atoms with Crippen molar-refractivity contribution in [2.75, 3.05) is 0 Å². The Balaban J connectivity index is 2.79. The van der Waals surface area contributed by atoms with E-state index >= 15 is 0 Å². The van der Waals surface area contributed by atoms with Crippen molar-refractivity contribution >= 4 is 16.7 Å². The standard InChI is InChI=1S/C8H8O3S/c1-7(11-12(9)10)8-5-3-2-4-6-8/h2-6,12H,1H2. The summed E-state index contributed by atoms with van der Waals surface area (Å²) in [4.78, 5) is 0. The molecule has 0 saturated carbocycles. The molecule has 0 bridgehead atoms. The van der Waals surface area contributed by atoms with Crippen LogP contribution in [0.3, 0.4) is 0 Å². The van der Waals surface area contributed by atoms with Crippen LogP contribution in [0.25, 0.3) is 5.76 Å². The lowest BCUT2D eigenvalue weighted by molar-refractivity contribution is 0.488. The highest BCUT2D eigenvalue weighted by Crippen LogP contribution is 2.12. The first-order valence-electron chi connectivity index (χ1n) is 3.27. The third-order valence-electron chi connectivity index (χ3n) is 1.28. The topological polar surface area (TPSA) is 43.4 Å². The second kappa shape index (κ2) is 3.92. The maximum absolute atomic E-state index is 10.1. The Morgan fingerprint density at radius 2 is 1.83 bits per heavy atom. The molecule has 0 unspecified atom stereocenters. The van der Waals surface area contributed by atoms with Crippen molar-refractivity contribution in [3.8, 4) is 0 Å². The quantitative estimate of drug-likeness (QED) is 0.567. The van der Waals surface area contributed by atoms with Gasteiger partial charge in [-0.25, -0.2) is 0 Å². The Labute approximate surface area is 72.5 Å². The zero-order valence-corrected chi connectivity index (χ0v) is 7.16. The van der Waals surface area contributed by atoms with Crippen LogP contribution >= 0.6 is 0 Å². The lowest BCUT2D eigenvalue weighted by Gasteiger charge is -2.00. The van der Waals surface area contributed by atoms with Gasteiger partial charge >= 0.3 is 0 Å². The fourth-order valence-electron chi connectivity index (χ4n) is 0.767. The molecule has 0 radical (unpaired) electrons. The van der Waals surface area contributed by atoms with E-state index in [0.29, 0.717) is 5.56 Å². The molecule has 0 N–H and O–H groups in total. The third-order valence-corrected chi connectivity index (χ3v) is 1.65. The largest absolute Gasteiger partial charge is 0.384 e. The van der Waals surface area contributed by atoms with Gasteiger partial charge in [-0.05, 0) is 0 Å². The molecule has 0 aliphatic rings. The maximum Gasteiger partial charge on any atom is 0.299 e. The van der Waals surface area contributed by atoms with Crippen molar-refractivity contribution in [3.05, 3.63) is 42.5 Å². The molecule has 0 heterocycles. The average Bonchev–Trinajstić information content (AvgIpc) is 2.05. The van der Waals surface area contributed by atoms with E-state index in [1.165, 1.54) is 0 Å². The summed E-state index contributed by atoms with van der Waals surface area (Å²) < 4.78 is 24.7. The van der Waals surface area contributed by atoms with E-state index in [4.69, 9.17) is 0 Å².